The molecule has 0 amide bonds. The van der Waals surface area contributed by atoms with Gasteiger partial charge in [-0.05, 0) is 37.1 Å². The van der Waals surface area contributed by atoms with Gasteiger partial charge in [-0.3, -0.25) is 0 Å². The van der Waals surface area contributed by atoms with Crippen molar-refractivity contribution in [1.29, 1.82) is 0 Å². The van der Waals surface area contributed by atoms with Crippen LogP contribution in [0.5, 0.6) is 0 Å². The first-order valence-electron chi connectivity index (χ1n) is 7.67. The van der Waals surface area contributed by atoms with E-state index >= 15 is 0 Å². The summed E-state index contributed by atoms with van der Waals surface area (Å²) in [6, 6.07) is 2.39. The lowest BCUT2D eigenvalue weighted by molar-refractivity contribution is 0.670. The Morgan fingerprint density at radius 1 is 1.36 bits per heavy atom. The number of nitrogens with one attached hydrogen (secondary N) is 1. The highest BCUT2D eigenvalue weighted by atomic mass is 32.1. The largest absolute Gasteiger partial charge is 0.360 e. The van der Waals surface area contributed by atoms with Crippen LogP contribution in [0.3, 0.4) is 0 Å². The molecule has 1 aliphatic carbocycles. The minimum absolute atomic E-state index is 0.279. The van der Waals surface area contributed by atoms with E-state index in [0.717, 1.165) is 28.3 Å². The van der Waals surface area contributed by atoms with Crippen LogP contribution >= 0.6 is 22.7 Å². The minimum Gasteiger partial charge on any atom is -0.360 e. The van der Waals surface area contributed by atoms with E-state index in [9.17, 15) is 0 Å². The van der Waals surface area contributed by atoms with E-state index in [-0.39, 0.29) is 6.04 Å². The van der Waals surface area contributed by atoms with Gasteiger partial charge in [0.05, 0.1) is 11.4 Å². The molecule has 0 radical (unpaired) electrons. The number of aryl methyl sites for hydroxylation is 2. The Labute approximate surface area is 137 Å². The van der Waals surface area contributed by atoms with Crippen molar-refractivity contribution in [2.24, 2.45) is 5.92 Å². The Hall–Kier alpha value is -1.53. The van der Waals surface area contributed by atoms with Gasteiger partial charge in [0.1, 0.15) is 21.5 Å². The number of anilines is 1. The summed E-state index contributed by atoms with van der Waals surface area (Å²) in [4.78, 5) is 16.3. The number of thiophene rings is 1. The molecule has 22 heavy (non-hydrogen) atoms. The lowest BCUT2D eigenvalue weighted by atomic mass is 10.2. The molecule has 1 unspecified atom stereocenters. The molecule has 0 aliphatic heterocycles. The molecule has 0 bridgehead atoms. The average molecular weight is 330 g/mol. The molecular weight excluding hydrogens is 312 g/mol. The maximum absolute atomic E-state index is 4.74. The topological polar surface area (TPSA) is 50.7 Å². The zero-order chi connectivity index (χ0) is 15.1. The lowest BCUT2D eigenvalue weighted by Gasteiger charge is -2.17. The molecule has 3 aromatic rings. The number of rotatable bonds is 5. The van der Waals surface area contributed by atoms with Crippen LogP contribution in [0.25, 0.3) is 10.2 Å². The molecule has 114 valence electrons. The summed E-state index contributed by atoms with van der Waals surface area (Å²) < 4.78 is 0. The van der Waals surface area contributed by atoms with Crippen molar-refractivity contribution < 1.29 is 0 Å². The fraction of sp³-hybridized carbons (Fsp3) is 0.438. The summed E-state index contributed by atoms with van der Waals surface area (Å²) in [6.45, 7) is 4.21. The summed E-state index contributed by atoms with van der Waals surface area (Å²) in [5.74, 6) is 2.55. The highest BCUT2D eigenvalue weighted by molar-refractivity contribution is 7.16. The second kappa shape index (κ2) is 5.59. The molecule has 1 N–H and O–H groups in total. The van der Waals surface area contributed by atoms with Gasteiger partial charge in [0.25, 0.3) is 0 Å². The zero-order valence-corrected chi connectivity index (χ0v) is 14.3. The molecule has 6 heteroatoms. The lowest BCUT2D eigenvalue weighted by Crippen LogP contribution is -2.14. The third kappa shape index (κ3) is 2.61. The molecular formula is C16H18N4S2. The molecule has 1 aliphatic rings. The third-order valence-corrected chi connectivity index (χ3v) is 5.78. The van der Waals surface area contributed by atoms with Crippen LogP contribution in [0.1, 0.15) is 41.5 Å². The SMILES string of the molecule is CCc1nc(NC(c2ncc(C)s2)C2CC2)c2ccsc2n1. The van der Waals surface area contributed by atoms with E-state index in [0.29, 0.717) is 5.92 Å². The fourth-order valence-corrected chi connectivity index (χ4v) is 4.34. The molecule has 1 saturated carbocycles. The molecule has 4 nitrogen and oxygen atoms in total. The second-order valence-corrected chi connectivity index (χ2v) is 7.91. The Morgan fingerprint density at radius 3 is 2.91 bits per heavy atom. The van der Waals surface area contributed by atoms with E-state index in [4.69, 9.17) is 4.98 Å². The number of aromatic nitrogens is 3. The van der Waals surface area contributed by atoms with Crippen LogP contribution in [0.4, 0.5) is 5.82 Å². The molecule has 3 heterocycles. The number of thiazole rings is 1. The van der Waals surface area contributed by atoms with E-state index in [2.05, 4.69) is 40.6 Å². The first kappa shape index (κ1) is 14.1. The van der Waals surface area contributed by atoms with Gasteiger partial charge in [-0.15, -0.1) is 22.7 Å². The quantitative estimate of drug-likeness (QED) is 0.744. The van der Waals surface area contributed by atoms with Crippen molar-refractivity contribution in [3.8, 4) is 0 Å². The van der Waals surface area contributed by atoms with Crippen LogP contribution < -0.4 is 5.32 Å². The van der Waals surface area contributed by atoms with E-state index in [1.807, 2.05) is 6.20 Å². The van der Waals surface area contributed by atoms with Crippen molar-refractivity contribution in [3.05, 3.63) is 33.4 Å². The predicted octanol–water partition coefficient (Wildman–Crippen LogP) is 4.58. The van der Waals surface area contributed by atoms with Crippen LogP contribution in [-0.4, -0.2) is 15.0 Å². The van der Waals surface area contributed by atoms with Crippen molar-refractivity contribution in [2.75, 3.05) is 5.32 Å². The van der Waals surface area contributed by atoms with Gasteiger partial charge < -0.3 is 5.32 Å². The first-order chi connectivity index (χ1) is 10.7. The van der Waals surface area contributed by atoms with Gasteiger partial charge in [0.2, 0.25) is 0 Å². The summed E-state index contributed by atoms with van der Waals surface area (Å²) in [5, 5.41) is 8.07. The predicted molar refractivity (Wildman–Crippen MR) is 92.7 cm³/mol. The van der Waals surface area contributed by atoms with E-state index < -0.39 is 0 Å². The molecule has 1 fully saturated rings. The zero-order valence-electron chi connectivity index (χ0n) is 12.7. The molecule has 3 aromatic heterocycles. The fourth-order valence-electron chi connectivity index (χ4n) is 2.64. The highest BCUT2D eigenvalue weighted by Crippen LogP contribution is 2.44. The Balaban J connectivity index is 1.73. The Morgan fingerprint density at radius 2 is 2.23 bits per heavy atom. The first-order valence-corrected chi connectivity index (χ1v) is 9.37. The number of hydrogen-bond donors (Lipinski definition) is 1. The highest BCUT2D eigenvalue weighted by Gasteiger charge is 2.34. The minimum atomic E-state index is 0.279. The van der Waals surface area contributed by atoms with Crippen LogP contribution in [0, 0.1) is 12.8 Å². The Kier molecular flexibility index (Phi) is 3.58. The number of hydrogen-bond acceptors (Lipinski definition) is 6. The average Bonchev–Trinajstić information content (AvgIpc) is 3.08. The van der Waals surface area contributed by atoms with Gasteiger partial charge in [-0.2, -0.15) is 0 Å². The van der Waals surface area contributed by atoms with Crippen LogP contribution in [0.15, 0.2) is 17.6 Å². The maximum Gasteiger partial charge on any atom is 0.139 e. The molecule has 1 atom stereocenters. The van der Waals surface area contributed by atoms with Gasteiger partial charge in [-0.25, -0.2) is 15.0 Å². The van der Waals surface area contributed by atoms with Crippen LogP contribution in [0.2, 0.25) is 0 Å². The number of fused-ring (bicyclic) bond motifs is 1. The molecule has 0 spiro atoms. The van der Waals surface area contributed by atoms with Crippen molar-refractivity contribution in [2.45, 2.75) is 39.2 Å². The molecule has 0 saturated heterocycles. The number of nitrogens with zero attached hydrogens (tertiary/aromatic N) is 3. The second-order valence-electron chi connectivity index (χ2n) is 5.75. The molecule has 4 rings (SSSR count). The summed E-state index contributed by atoms with van der Waals surface area (Å²) in [6.07, 6.45) is 5.37. The van der Waals surface area contributed by atoms with Gasteiger partial charge in [-0.1, -0.05) is 6.92 Å². The monoisotopic (exact) mass is 330 g/mol. The van der Waals surface area contributed by atoms with E-state index in [1.54, 1.807) is 22.7 Å². The van der Waals surface area contributed by atoms with Gasteiger partial charge in [0, 0.05) is 17.5 Å². The summed E-state index contributed by atoms with van der Waals surface area (Å²) in [5.41, 5.74) is 0. The normalized spacial score (nSPS) is 16.1. The Bertz CT molecular complexity index is 803. The van der Waals surface area contributed by atoms with Crippen molar-refractivity contribution >= 4 is 38.7 Å². The van der Waals surface area contributed by atoms with Gasteiger partial charge >= 0.3 is 0 Å². The molecule has 0 aromatic carbocycles. The van der Waals surface area contributed by atoms with Crippen molar-refractivity contribution in [3.63, 3.8) is 0 Å². The standard InChI is InChI=1S/C16H18N4S2/c1-3-12-18-14(11-6-7-21-15(11)19-12)20-13(10-4-5-10)16-17-8-9(2)22-16/h6-8,10,13H,3-5H2,1-2H3,(H,18,19,20). The smallest absolute Gasteiger partial charge is 0.139 e. The summed E-state index contributed by atoms with van der Waals surface area (Å²) in [7, 11) is 0. The van der Waals surface area contributed by atoms with Crippen LogP contribution in [-0.2, 0) is 6.42 Å². The van der Waals surface area contributed by atoms with Gasteiger partial charge in [0.15, 0.2) is 0 Å². The maximum atomic E-state index is 4.74. The van der Waals surface area contributed by atoms with E-state index in [1.165, 1.54) is 22.7 Å². The third-order valence-electron chi connectivity index (χ3n) is 3.98. The summed E-state index contributed by atoms with van der Waals surface area (Å²) >= 11 is 3.46. The van der Waals surface area contributed by atoms with Crippen molar-refractivity contribution in [1.82, 2.24) is 15.0 Å².